The molecule has 1 heterocycles. The van der Waals surface area contributed by atoms with Crippen molar-refractivity contribution >= 4 is 27.8 Å². The summed E-state index contributed by atoms with van der Waals surface area (Å²) in [5, 5.41) is 10.9. The fourth-order valence-corrected chi connectivity index (χ4v) is 3.04. The van der Waals surface area contributed by atoms with Gasteiger partial charge in [0.25, 0.3) is 0 Å². The largest absolute Gasteiger partial charge is 0.480 e. The summed E-state index contributed by atoms with van der Waals surface area (Å²) in [7, 11) is 0. The Hall–Kier alpha value is -1.40. The molecular formula is C15H19BrN2O3. The van der Waals surface area contributed by atoms with Gasteiger partial charge in [0.2, 0.25) is 5.91 Å². The minimum atomic E-state index is -1.02. The van der Waals surface area contributed by atoms with Gasteiger partial charge in [0, 0.05) is 4.47 Å². The second kappa shape index (κ2) is 7.56. The second-order valence-corrected chi connectivity index (χ2v) is 6.19. The van der Waals surface area contributed by atoms with Gasteiger partial charge in [0.15, 0.2) is 0 Å². The highest BCUT2D eigenvalue weighted by Gasteiger charge is 2.22. The first-order valence-corrected chi connectivity index (χ1v) is 7.80. The molecule has 1 aromatic rings. The maximum Gasteiger partial charge on any atom is 0.322 e. The normalized spacial score (nSPS) is 16.6. The highest BCUT2D eigenvalue weighted by molar-refractivity contribution is 9.10. The summed E-state index contributed by atoms with van der Waals surface area (Å²) in [6.45, 7) is 1.68. The van der Waals surface area contributed by atoms with Crippen LogP contribution in [0.2, 0.25) is 0 Å². The zero-order valence-electron chi connectivity index (χ0n) is 11.7. The Kier molecular flexibility index (Phi) is 5.76. The van der Waals surface area contributed by atoms with Crippen LogP contribution < -0.4 is 5.32 Å². The molecule has 6 heteroatoms. The molecule has 2 N–H and O–H groups in total. The molecule has 0 atom stereocenters. The van der Waals surface area contributed by atoms with Crippen molar-refractivity contribution in [1.29, 1.82) is 0 Å². The predicted molar refractivity (Wildman–Crippen MR) is 83.2 cm³/mol. The number of amides is 1. The standard InChI is InChI=1S/C15H19BrN2O3/c16-13-3-1-2-12(8-13)11-4-6-18(7-5-11)10-14(19)17-9-15(20)21/h1-3,8,11H,4-7,9-10H2,(H,17,19)(H,20,21). The van der Waals surface area contributed by atoms with Crippen LogP contribution in [0.15, 0.2) is 28.7 Å². The Labute approximate surface area is 132 Å². The summed E-state index contributed by atoms with van der Waals surface area (Å²) >= 11 is 3.49. The van der Waals surface area contributed by atoms with Crippen LogP contribution in [0.4, 0.5) is 0 Å². The van der Waals surface area contributed by atoms with E-state index in [0.29, 0.717) is 5.92 Å². The molecule has 1 aromatic carbocycles. The lowest BCUT2D eigenvalue weighted by Crippen LogP contribution is -2.42. The molecule has 0 spiro atoms. The number of rotatable bonds is 5. The van der Waals surface area contributed by atoms with E-state index in [9.17, 15) is 9.59 Å². The van der Waals surface area contributed by atoms with Crippen LogP contribution in [0.5, 0.6) is 0 Å². The molecule has 0 saturated carbocycles. The van der Waals surface area contributed by atoms with E-state index in [1.54, 1.807) is 0 Å². The van der Waals surface area contributed by atoms with Gasteiger partial charge < -0.3 is 10.4 Å². The molecule has 1 aliphatic heterocycles. The van der Waals surface area contributed by atoms with Gasteiger partial charge in [-0.25, -0.2) is 0 Å². The quantitative estimate of drug-likeness (QED) is 0.846. The lowest BCUT2D eigenvalue weighted by molar-refractivity contribution is -0.138. The SMILES string of the molecule is O=C(O)CNC(=O)CN1CCC(c2cccc(Br)c2)CC1. The van der Waals surface area contributed by atoms with Crippen LogP contribution in [-0.4, -0.2) is 48.1 Å². The number of benzene rings is 1. The van der Waals surface area contributed by atoms with E-state index in [1.165, 1.54) is 5.56 Å². The summed E-state index contributed by atoms with van der Waals surface area (Å²) < 4.78 is 1.09. The average Bonchev–Trinajstić information content (AvgIpc) is 2.46. The number of hydrogen-bond donors (Lipinski definition) is 2. The second-order valence-electron chi connectivity index (χ2n) is 5.28. The van der Waals surface area contributed by atoms with Crippen molar-refractivity contribution in [2.75, 3.05) is 26.2 Å². The molecule has 0 bridgehead atoms. The van der Waals surface area contributed by atoms with Crippen molar-refractivity contribution in [3.8, 4) is 0 Å². The predicted octanol–water partition coefficient (Wildman–Crippen LogP) is 1.83. The van der Waals surface area contributed by atoms with Gasteiger partial charge in [-0.15, -0.1) is 0 Å². The van der Waals surface area contributed by atoms with Crippen molar-refractivity contribution in [3.63, 3.8) is 0 Å². The van der Waals surface area contributed by atoms with Crippen LogP contribution in [0.3, 0.4) is 0 Å². The number of hydrogen-bond acceptors (Lipinski definition) is 3. The third-order valence-corrected chi connectivity index (χ3v) is 4.20. The van der Waals surface area contributed by atoms with E-state index in [-0.39, 0.29) is 19.0 Å². The number of halogens is 1. The van der Waals surface area contributed by atoms with Gasteiger partial charge >= 0.3 is 5.97 Å². The van der Waals surface area contributed by atoms with E-state index >= 15 is 0 Å². The average molecular weight is 355 g/mol. The zero-order valence-corrected chi connectivity index (χ0v) is 13.3. The van der Waals surface area contributed by atoms with Crippen molar-refractivity contribution in [3.05, 3.63) is 34.3 Å². The molecule has 114 valence electrons. The third-order valence-electron chi connectivity index (χ3n) is 3.71. The Bertz CT molecular complexity index is 513. The van der Waals surface area contributed by atoms with Gasteiger partial charge in [-0.1, -0.05) is 28.1 Å². The van der Waals surface area contributed by atoms with Gasteiger partial charge in [-0.3, -0.25) is 14.5 Å². The van der Waals surface area contributed by atoms with E-state index in [1.807, 2.05) is 12.1 Å². The maximum absolute atomic E-state index is 11.6. The summed E-state index contributed by atoms with van der Waals surface area (Å²) in [6.07, 6.45) is 2.03. The number of nitrogens with zero attached hydrogens (tertiary/aromatic N) is 1. The highest BCUT2D eigenvalue weighted by Crippen LogP contribution is 2.29. The van der Waals surface area contributed by atoms with Gasteiger partial charge in [0.05, 0.1) is 6.54 Å². The van der Waals surface area contributed by atoms with Crippen molar-refractivity contribution in [1.82, 2.24) is 10.2 Å². The van der Waals surface area contributed by atoms with Crippen LogP contribution in [-0.2, 0) is 9.59 Å². The van der Waals surface area contributed by atoms with Crippen molar-refractivity contribution in [2.24, 2.45) is 0 Å². The first-order valence-electron chi connectivity index (χ1n) is 7.01. The number of nitrogens with one attached hydrogen (secondary N) is 1. The summed E-state index contributed by atoms with van der Waals surface area (Å²) in [4.78, 5) is 24.1. The fourth-order valence-electron chi connectivity index (χ4n) is 2.62. The molecular weight excluding hydrogens is 336 g/mol. The number of carboxylic acids is 1. The topological polar surface area (TPSA) is 69.6 Å². The maximum atomic E-state index is 11.6. The summed E-state index contributed by atoms with van der Waals surface area (Å²) in [5.74, 6) is -0.712. The summed E-state index contributed by atoms with van der Waals surface area (Å²) in [5.41, 5.74) is 1.33. The Morgan fingerprint density at radius 1 is 1.33 bits per heavy atom. The van der Waals surface area contributed by atoms with Crippen LogP contribution in [0.25, 0.3) is 0 Å². The zero-order chi connectivity index (χ0) is 15.2. The molecule has 0 radical (unpaired) electrons. The summed E-state index contributed by atoms with van der Waals surface area (Å²) in [6, 6.07) is 8.36. The molecule has 1 aliphatic rings. The number of carbonyl (C=O) groups is 2. The molecule has 1 amide bonds. The van der Waals surface area contributed by atoms with E-state index in [4.69, 9.17) is 5.11 Å². The molecule has 0 aromatic heterocycles. The highest BCUT2D eigenvalue weighted by atomic mass is 79.9. The lowest BCUT2D eigenvalue weighted by Gasteiger charge is -2.31. The smallest absolute Gasteiger partial charge is 0.322 e. The Balaban J connectivity index is 1.78. The molecule has 0 unspecified atom stereocenters. The van der Waals surface area contributed by atoms with Gasteiger partial charge in [-0.05, 0) is 49.5 Å². The van der Waals surface area contributed by atoms with Gasteiger partial charge in [-0.2, -0.15) is 0 Å². The third kappa shape index (κ3) is 5.13. The minimum absolute atomic E-state index is 0.224. The molecule has 2 rings (SSSR count). The number of piperidine rings is 1. The first kappa shape index (κ1) is 16.0. The van der Waals surface area contributed by atoms with Gasteiger partial charge in [0.1, 0.15) is 6.54 Å². The molecule has 5 nitrogen and oxygen atoms in total. The van der Waals surface area contributed by atoms with Crippen LogP contribution in [0, 0.1) is 0 Å². The number of aliphatic carboxylic acids is 1. The van der Waals surface area contributed by atoms with E-state index < -0.39 is 5.97 Å². The van der Waals surface area contributed by atoms with Crippen molar-refractivity contribution in [2.45, 2.75) is 18.8 Å². The van der Waals surface area contributed by atoms with Crippen LogP contribution in [0.1, 0.15) is 24.3 Å². The van der Waals surface area contributed by atoms with E-state index in [0.717, 1.165) is 30.4 Å². The number of carbonyl (C=O) groups excluding carboxylic acids is 1. The monoisotopic (exact) mass is 354 g/mol. The minimum Gasteiger partial charge on any atom is -0.480 e. The molecule has 21 heavy (non-hydrogen) atoms. The first-order chi connectivity index (χ1) is 10.0. The molecule has 1 saturated heterocycles. The number of carboxylic acid groups (broad SMARTS) is 1. The lowest BCUT2D eigenvalue weighted by atomic mass is 9.89. The molecule has 0 aliphatic carbocycles. The Morgan fingerprint density at radius 2 is 2.05 bits per heavy atom. The van der Waals surface area contributed by atoms with Crippen molar-refractivity contribution < 1.29 is 14.7 Å². The fraction of sp³-hybridized carbons (Fsp3) is 0.467. The van der Waals surface area contributed by atoms with Crippen LogP contribution >= 0.6 is 15.9 Å². The number of likely N-dealkylation sites (tertiary alicyclic amines) is 1. The van der Waals surface area contributed by atoms with E-state index in [2.05, 4.69) is 38.3 Å². The Morgan fingerprint density at radius 3 is 2.67 bits per heavy atom. The molecule has 1 fully saturated rings.